The summed E-state index contributed by atoms with van der Waals surface area (Å²) in [5.74, 6) is 1.87. The summed E-state index contributed by atoms with van der Waals surface area (Å²) in [7, 11) is 3.86. The van der Waals surface area contributed by atoms with Crippen LogP contribution in [0.15, 0.2) is 24.3 Å². The molecule has 25 heavy (non-hydrogen) atoms. The molecule has 0 N–H and O–H groups in total. The number of ether oxygens (including phenoxy) is 1. The number of piperidine rings is 1. The van der Waals surface area contributed by atoms with Gasteiger partial charge in [-0.3, -0.25) is 9.69 Å². The molecular formula is C20H31N3O2. The van der Waals surface area contributed by atoms with Gasteiger partial charge in [-0.2, -0.15) is 0 Å². The van der Waals surface area contributed by atoms with Gasteiger partial charge in [0.15, 0.2) is 0 Å². The summed E-state index contributed by atoms with van der Waals surface area (Å²) >= 11 is 0. The Morgan fingerprint density at radius 2 is 1.76 bits per heavy atom. The number of para-hydroxylation sites is 1. The van der Waals surface area contributed by atoms with Gasteiger partial charge in [0.2, 0.25) is 5.91 Å². The second kappa shape index (κ2) is 8.68. The van der Waals surface area contributed by atoms with Crippen LogP contribution in [0.3, 0.4) is 0 Å². The van der Waals surface area contributed by atoms with Crippen molar-refractivity contribution in [1.82, 2.24) is 14.7 Å². The Balaban J connectivity index is 1.43. The molecule has 0 saturated carbocycles. The molecule has 2 aliphatic heterocycles. The zero-order valence-corrected chi connectivity index (χ0v) is 15.6. The molecule has 0 unspecified atom stereocenters. The Labute approximate surface area is 151 Å². The normalized spacial score (nSPS) is 20.6. The van der Waals surface area contributed by atoms with Crippen LogP contribution in [0, 0.1) is 5.92 Å². The number of hydrogen-bond donors (Lipinski definition) is 0. The molecule has 2 saturated heterocycles. The predicted octanol–water partition coefficient (Wildman–Crippen LogP) is 2.07. The van der Waals surface area contributed by atoms with Crippen LogP contribution in [-0.2, 0) is 11.3 Å². The molecular weight excluding hydrogens is 314 g/mol. The van der Waals surface area contributed by atoms with E-state index >= 15 is 0 Å². The molecule has 138 valence electrons. The van der Waals surface area contributed by atoms with Crippen molar-refractivity contribution < 1.29 is 9.53 Å². The van der Waals surface area contributed by atoms with E-state index in [9.17, 15) is 4.79 Å². The lowest BCUT2D eigenvalue weighted by atomic mass is 9.92. The summed E-state index contributed by atoms with van der Waals surface area (Å²) in [6.45, 7) is 6.86. The highest BCUT2D eigenvalue weighted by Gasteiger charge is 2.25. The highest BCUT2D eigenvalue weighted by molar-refractivity contribution is 5.76. The molecule has 0 aromatic heterocycles. The minimum Gasteiger partial charge on any atom is -0.496 e. The predicted molar refractivity (Wildman–Crippen MR) is 99.7 cm³/mol. The lowest BCUT2D eigenvalue weighted by Gasteiger charge is -2.35. The number of rotatable bonds is 5. The number of amides is 1. The Morgan fingerprint density at radius 1 is 1.08 bits per heavy atom. The van der Waals surface area contributed by atoms with Crippen LogP contribution in [-0.4, -0.2) is 74.0 Å². The maximum absolute atomic E-state index is 12.5. The minimum atomic E-state index is 0.358. The molecule has 0 aliphatic carbocycles. The summed E-state index contributed by atoms with van der Waals surface area (Å²) in [5, 5.41) is 0. The lowest BCUT2D eigenvalue weighted by Crippen LogP contribution is -2.47. The van der Waals surface area contributed by atoms with Gasteiger partial charge in [0.25, 0.3) is 0 Å². The number of methoxy groups -OCH3 is 1. The van der Waals surface area contributed by atoms with E-state index < -0.39 is 0 Å². The first-order chi connectivity index (χ1) is 12.2. The van der Waals surface area contributed by atoms with Crippen molar-refractivity contribution in [2.24, 2.45) is 5.92 Å². The van der Waals surface area contributed by atoms with E-state index in [-0.39, 0.29) is 0 Å². The van der Waals surface area contributed by atoms with Gasteiger partial charge < -0.3 is 14.5 Å². The average Bonchev–Trinajstić information content (AvgIpc) is 2.64. The van der Waals surface area contributed by atoms with Gasteiger partial charge in [0.1, 0.15) is 5.75 Å². The summed E-state index contributed by atoms with van der Waals surface area (Å²) < 4.78 is 5.46. The SMILES string of the molecule is COc1ccccc1CN1CCC(CC(=O)N2CCN(C)CC2)CC1. The van der Waals surface area contributed by atoms with E-state index in [0.717, 1.165) is 70.8 Å². The fraction of sp³-hybridized carbons (Fsp3) is 0.650. The van der Waals surface area contributed by atoms with E-state index in [0.29, 0.717) is 11.8 Å². The average molecular weight is 345 g/mol. The third-order valence-corrected chi connectivity index (χ3v) is 5.61. The number of hydrogen-bond acceptors (Lipinski definition) is 4. The van der Waals surface area contributed by atoms with E-state index in [2.05, 4.69) is 33.9 Å². The number of likely N-dealkylation sites (tertiary alicyclic amines) is 1. The van der Waals surface area contributed by atoms with Crippen LogP contribution in [0.4, 0.5) is 0 Å². The highest BCUT2D eigenvalue weighted by Crippen LogP contribution is 2.25. The molecule has 0 atom stereocenters. The molecule has 0 bridgehead atoms. The molecule has 0 spiro atoms. The minimum absolute atomic E-state index is 0.358. The second-order valence-corrected chi connectivity index (χ2v) is 7.42. The molecule has 5 nitrogen and oxygen atoms in total. The number of likely N-dealkylation sites (N-methyl/N-ethyl adjacent to an activating group) is 1. The van der Waals surface area contributed by atoms with Crippen LogP contribution in [0.1, 0.15) is 24.8 Å². The van der Waals surface area contributed by atoms with Crippen LogP contribution in [0.25, 0.3) is 0 Å². The molecule has 2 aliphatic rings. The summed E-state index contributed by atoms with van der Waals surface area (Å²) in [6.07, 6.45) is 2.97. The molecule has 2 fully saturated rings. The van der Waals surface area contributed by atoms with Crippen LogP contribution in [0.2, 0.25) is 0 Å². The Bertz CT molecular complexity index is 562. The van der Waals surface area contributed by atoms with E-state index in [1.54, 1.807) is 7.11 Å². The molecule has 1 aromatic rings. The maximum atomic E-state index is 12.5. The number of carbonyl (C=O) groups excluding carboxylic acids is 1. The zero-order valence-electron chi connectivity index (χ0n) is 15.6. The fourth-order valence-corrected chi connectivity index (χ4v) is 3.86. The van der Waals surface area contributed by atoms with Gasteiger partial charge in [-0.05, 0) is 45.0 Å². The van der Waals surface area contributed by atoms with Gasteiger partial charge in [0, 0.05) is 44.7 Å². The number of carbonyl (C=O) groups is 1. The maximum Gasteiger partial charge on any atom is 0.222 e. The molecule has 1 aromatic carbocycles. The molecule has 5 heteroatoms. The quantitative estimate of drug-likeness (QED) is 0.819. The van der Waals surface area contributed by atoms with Crippen LogP contribution >= 0.6 is 0 Å². The van der Waals surface area contributed by atoms with Gasteiger partial charge in [-0.15, -0.1) is 0 Å². The van der Waals surface area contributed by atoms with E-state index in [1.165, 1.54) is 5.56 Å². The third-order valence-electron chi connectivity index (χ3n) is 5.61. The van der Waals surface area contributed by atoms with Crippen molar-refractivity contribution in [3.05, 3.63) is 29.8 Å². The first-order valence-corrected chi connectivity index (χ1v) is 9.46. The van der Waals surface area contributed by atoms with Gasteiger partial charge in [-0.25, -0.2) is 0 Å². The second-order valence-electron chi connectivity index (χ2n) is 7.42. The van der Waals surface area contributed by atoms with Gasteiger partial charge in [-0.1, -0.05) is 18.2 Å². The van der Waals surface area contributed by atoms with Crippen molar-refractivity contribution in [3.8, 4) is 5.75 Å². The van der Waals surface area contributed by atoms with Crippen molar-refractivity contribution in [1.29, 1.82) is 0 Å². The third kappa shape index (κ3) is 4.95. The van der Waals surface area contributed by atoms with Gasteiger partial charge in [0.05, 0.1) is 7.11 Å². The largest absolute Gasteiger partial charge is 0.496 e. The molecule has 0 radical (unpaired) electrons. The number of piperazine rings is 1. The van der Waals surface area contributed by atoms with E-state index in [1.807, 2.05) is 12.1 Å². The Morgan fingerprint density at radius 3 is 2.44 bits per heavy atom. The topological polar surface area (TPSA) is 36.0 Å². The van der Waals surface area contributed by atoms with Crippen molar-refractivity contribution in [3.63, 3.8) is 0 Å². The number of nitrogens with zero attached hydrogens (tertiary/aromatic N) is 3. The Kier molecular flexibility index (Phi) is 6.32. The van der Waals surface area contributed by atoms with E-state index in [4.69, 9.17) is 4.74 Å². The standard InChI is InChI=1S/C20H31N3O2/c1-21-11-13-23(14-12-21)20(24)15-17-7-9-22(10-8-17)16-18-5-3-4-6-19(18)25-2/h3-6,17H,7-16H2,1-2H3. The lowest BCUT2D eigenvalue weighted by molar-refractivity contribution is -0.134. The van der Waals surface area contributed by atoms with Crippen molar-refractivity contribution >= 4 is 5.91 Å². The summed E-state index contributed by atoms with van der Waals surface area (Å²) in [4.78, 5) is 19.3. The van der Waals surface area contributed by atoms with Crippen LogP contribution < -0.4 is 4.74 Å². The van der Waals surface area contributed by atoms with Crippen molar-refractivity contribution in [2.45, 2.75) is 25.8 Å². The molecule has 3 rings (SSSR count). The zero-order chi connectivity index (χ0) is 17.6. The first-order valence-electron chi connectivity index (χ1n) is 9.46. The fourth-order valence-electron chi connectivity index (χ4n) is 3.86. The Hall–Kier alpha value is -1.59. The summed E-state index contributed by atoms with van der Waals surface area (Å²) in [5.41, 5.74) is 1.25. The van der Waals surface area contributed by atoms with Gasteiger partial charge >= 0.3 is 0 Å². The highest BCUT2D eigenvalue weighted by atomic mass is 16.5. The monoisotopic (exact) mass is 345 g/mol. The number of benzene rings is 1. The van der Waals surface area contributed by atoms with Crippen molar-refractivity contribution in [2.75, 3.05) is 53.4 Å². The molecule has 1 amide bonds. The molecule has 2 heterocycles. The summed E-state index contributed by atoms with van der Waals surface area (Å²) in [6, 6.07) is 8.25. The smallest absolute Gasteiger partial charge is 0.222 e. The first kappa shape index (κ1) is 18.2. The van der Waals surface area contributed by atoms with Crippen LogP contribution in [0.5, 0.6) is 5.75 Å².